The summed E-state index contributed by atoms with van der Waals surface area (Å²) in [4.78, 5) is 0. The normalized spacial score (nSPS) is 49.1. The van der Waals surface area contributed by atoms with Crippen molar-refractivity contribution in [2.45, 2.75) is 108 Å². The van der Waals surface area contributed by atoms with E-state index >= 15 is 0 Å². The highest BCUT2D eigenvalue weighted by Crippen LogP contribution is 2.59. The molecule has 0 aromatic carbocycles. The van der Waals surface area contributed by atoms with E-state index in [9.17, 15) is 5.11 Å². The minimum Gasteiger partial charge on any atom is -0.388 e. The summed E-state index contributed by atoms with van der Waals surface area (Å²) in [5.41, 5.74) is 0.450. The third-order valence-electron chi connectivity index (χ3n) is 10.2. The second-order valence-corrected chi connectivity index (χ2v) is 12.2. The highest BCUT2D eigenvalue weighted by atomic mass is 16.6. The van der Waals surface area contributed by atoms with E-state index in [4.69, 9.17) is 28.4 Å². The van der Waals surface area contributed by atoms with Crippen LogP contribution in [0.1, 0.15) is 65.2 Å². The minimum atomic E-state index is -0.567. The lowest BCUT2D eigenvalue weighted by molar-refractivity contribution is -0.118. The van der Waals surface area contributed by atoms with Crippen LogP contribution in [0.5, 0.6) is 0 Å². The zero-order chi connectivity index (χ0) is 23.3. The van der Waals surface area contributed by atoms with Gasteiger partial charge in [-0.2, -0.15) is 0 Å². The van der Waals surface area contributed by atoms with E-state index in [0.29, 0.717) is 49.5 Å². The fraction of sp³-hybridized carbons (Fsp3) is 1.00. The van der Waals surface area contributed by atoms with Gasteiger partial charge in [-0.1, -0.05) is 13.8 Å². The molecule has 6 fully saturated rings. The maximum absolute atomic E-state index is 10.7. The molecule has 0 aromatic rings. The Balaban J connectivity index is 0.930. The van der Waals surface area contributed by atoms with Crippen molar-refractivity contribution in [3.05, 3.63) is 0 Å². The van der Waals surface area contributed by atoms with Crippen LogP contribution in [-0.4, -0.2) is 87.5 Å². The van der Waals surface area contributed by atoms with Crippen LogP contribution in [0.3, 0.4) is 0 Å². The molecule has 11 unspecified atom stereocenters. The van der Waals surface area contributed by atoms with E-state index in [0.717, 1.165) is 65.0 Å². The molecular formula is C27H44O7. The molecule has 0 radical (unpaired) electrons. The van der Waals surface area contributed by atoms with E-state index in [1.807, 2.05) is 0 Å². The first-order valence-corrected chi connectivity index (χ1v) is 13.9. The van der Waals surface area contributed by atoms with Gasteiger partial charge in [-0.3, -0.25) is 0 Å². The SMILES string of the molecule is CCC12CC(CC1OCC(O)COC1CC3(CC)CC1CC3OCC1CO1)C(OCC1CO1)C2. The van der Waals surface area contributed by atoms with Gasteiger partial charge < -0.3 is 33.5 Å². The van der Waals surface area contributed by atoms with Gasteiger partial charge in [0.1, 0.15) is 18.3 Å². The molecule has 2 aliphatic heterocycles. The number of aliphatic hydroxyl groups is 1. The largest absolute Gasteiger partial charge is 0.388 e. The Bertz CT molecular complexity index is 711. The molecule has 7 heteroatoms. The fourth-order valence-electron chi connectivity index (χ4n) is 7.86. The summed E-state index contributed by atoms with van der Waals surface area (Å²) >= 11 is 0. The number of fused-ring (bicyclic) bond motifs is 4. The van der Waals surface area contributed by atoms with Gasteiger partial charge in [0.05, 0.1) is 64.1 Å². The molecule has 34 heavy (non-hydrogen) atoms. The molecule has 194 valence electrons. The van der Waals surface area contributed by atoms with Gasteiger partial charge in [0.2, 0.25) is 0 Å². The molecule has 6 rings (SSSR count). The van der Waals surface area contributed by atoms with Crippen LogP contribution >= 0.6 is 0 Å². The van der Waals surface area contributed by atoms with Crippen molar-refractivity contribution < 1.29 is 33.5 Å². The molecule has 4 saturated carbocycles. The monoisotopic (exact) mass is 480 g/mol. The van der Waals surface area contributed by atoms with E-state index in [1.165, 1.54) is 12.8 Å². The summed E-state index contributed by atoms with van der Waals surface area (Å²) in [6.45, 7) is 8.48. The van der Waals surface area contributed by atoms with Crippen LogP contribution in [0.2, 0.25) is 0 Å². The van der Waals surface area contributed by atoms with Gasteiger partial charge in [0, 0.05) is 0 Å². The first-order valence-electron chi connectivity index (χ1n) is 13.9. The summed E-state index contributed by atoms with van der Waals surface area (Å²) < 4.78 is 35.6. The topological polar surface area (TPSA) is 82.2 Å². The van der Waals surface area contributed by atoms with Gasteiger partial charge in [-0.15, -0.1) is 0 Å². The zero-order valence-electron chi connectivity index (χ0n) is 21.0. The number of ether oxygens (including phenoxy) is 6. The minimum absolute atomic E-state index is 0.207. The Hall–Kier alpha value is -0.280. The lowest BCUT2D eigenvalue weighted by atomic mass is 9.78. The van der Waals surface area contributed by atoms with Crippen LogP contribution in [0, 0.1) is 22.7 Å². The van der Waals surface area contributed by atoms with Crippen LogP contribution in [-0.2, 0) is 28.4 Å². The number of hydrogen-bond donors (Lipinski definition) is 1. The van der Waals surface area contributed by atoms with Crippen LogP contribution < -0.4 is 0 Å². The zero-order valence-corrected chi connectivity index (χ0v) is 21.0. The van der Waals surface area contributed by atoms with Crippen molar-refractivity contribution in [3.63, 3.8) is 0 Å². The molecule has 0 spiro atoms. The maximum atomic E-state index is 10.7. The second kappa shape index (κ2) is 9.55. The van der Waals surface area contributed by atoms with Gasteiger partial charge >= 0.3 is 0 Å². The maximum Gasteiger partial charge on any atom is 0.104 e. The quantitative estimate of drug-likeness (QED) is 0.383. The van der Waals surface area contributed by atoms with Crippen molar-refractivity contribution in [1.82, 2.24) is 0 Å². The van der Waals surface area contributed by atoms with Gasteiger partial charge in [-0.05, 0) is 74.0 Å². The van der Waals surface area contributed by atoms with Crippen molar-refractivity contribution in [2.24, 2.45) is 22.7 Å². The number of rotatable bonds is 14. The standard InChI is InChI=1S/C27H44O7/c1-3-26-8-18(23(10-26)32-15-20-13-29-20)5-24(26)33-12-19(28)11-31-22-9-27(4-2)7-17(22)6-25(27)34-16-21-14-30-21/h17-25,28H,3-16H2,1-2H3. The molecule has 2 heterocycles. The van der Waals surface area contributed by atoms with E-state index in [1.54, 1.807) is 0 Å². The van der Waals surface area contributed by atoms with E-state index in [-0.39, 0.29) is 23.0 Å². The number of epoxide rings is 2. The van der Waals surface area contributed by atoms with Crippen molar-refractivity contribution in [3.8, 4) is 0 Å². The molecule has 1 N–H and O–H groups in total. The molecule has 7 nitrogen and oxygen atoms in total. The Labute approximate surface area is 204 Å². The number of aliphatic hydroxyl groups excluding tert-OH is 1. The van der Waals surface area contributed by atoms with Crippen LogP contribution in [0.4, 0.5) is 0 Å². The van der Waals surface area contributed by atoms with Gasteiger partial charge in [0.25, 0.3) is 0 Å². The lowest BCUT2D eigenvalue weighted by Crippen LogP contribution is -2.40. The molecule has 0 aromatic heterocycles. The summed E-state index contributed by atoms with van der Waals surface area (Å²) in [7, 11) is 0. The average Bonchev–Trinajstić information content (AvgIpc) is 3.74. The molecule has 2 saturated heterocycles. The molecule has 4 bridgehead atoms. The molecule has 6 aliphatic rings. The Morgan fingerprint density at radius 1 is 0.735 bits per heavy atom. The number of hydrogen-bond acceptors (Lipinski definition) is 7. The van der Waals surface area contributed by atoms with Gasteiger partial charge in [-0.25, -0.2) is 0 Å². The highest BCUT2D eigenvalue weighted by Gasteiger charge is 2.58. The third kappa shape index (κ3) is 4.71. The summed E-state index contributed by atoms with van der Waals surface area (Å²) in [5, 5.41) is 10.7. The predicted octanol–water partition coefficient (Wildman–Crippen LogP) is 3.11. The third-order valence-corrected chi connectivity index (χ3v) is 10.2. The van der Waals surface area contributed by atoms with Crippen LogP contribution in [0.15, 0.2) is 0 Å². The first kappa shape index (κ1) is 24.1. The van der Waals surface area contributed by atoms with Crippen LogP contribution in [0.25, 0.3) is 0 Å². The van der Waals surface area contributed by atoms with Crippen molar-refractivity contribution in [1.29, 1.82) is 0 Å². The Morgan fingerprint density at radius 2 is 1.24 bits per heavy atom. The predicted molar refractivity (Wildman–Crippen MR) is 125 cm³/mol. The molecule has 11 atom stereocenters. The Kier molecular flexibility index (Phi) is 6.76. The molecular weight excluding hydrogens is 436 g/mol. The second-order valence-electron chi connectivity index (χ2n) is 12.2. The Morgan fingerprint density at radius 3 is 1.79 bits per heavy atom. The van der Waals surface area contributed by atoms with Crippen molar-refractivity contribution >= 4 is 0 Å². The summed E-state index contributed by atoms with van der Waals surface area (Å²) in [6, 6.07) is 0. The van der Waals surface area contributed by atoms with Gasteiger partial charge in [0.15, 0.2) is 0 Å². The first-order chi connectivity index (χ1) is 16.5. The average molecular weight is 481 g/mol. The molecule has 0 amide bonds. The smallest absolute Gasteiger partial charge is 0.104 e. The lowest BCUT2D eigenvalue weighted by Gasteiger charge is -2.38. The summed E-state index contributed by atoms with van der Waals surface area (Å²) in [6.07, 6.45) is 10.1. The van der Waals surface area contributed by atoms with E-state index in [2.05, 4.69) is 13.8 Å². The van der Waals surface area contributed by atoms with E-state index < -0.39 is 6.10 Å². The fourth-order valence-corrected chi connectivity index (χ4v) is 7.86. The molecule has 4 aliphatic carbocycles. The highest BCUT2D eigenvalue weighted by molar-refractivity contribution is 5.08. The summed E-state index contributed by atoms with van der Waals surface area (Å²) in [5.74, 6) is 1.13. The van der Waals surface area contributed by atoms with Crippen molar-refractivity contribution in [2.75, 3.05) is 39.6 Å².